The summed E-state index contributed by atoms with van der Waals surface area (Å²) < 4.78 is 11.7. The normalized spacial score (nSPS) is 13.6. The predicted octanol–water partition coefficient (Wildman–Crippen LogP) is 1.70. The summed E-state index contributed by atoms with van der Waals surface area (Å²) >= 11 is 1.94. The van der Waals surface area contributed by atoms with Crippen molar-refractivity contribution in [1.82, 2.24) is 5.32 Å². The smallest absolute Gasteiger partial charge is 0.270 e. The lowest BCUT2D eigenvalue weighted by atomic mass is 10.2. The SMILES string of the molecule is CC(CS(C)=O)NC(=O)c1cc([N+](=O)[O-])ccc1I. The third kappa shape index (κ3) is 4.86. The maximum absolute atomic E-state index is 12.0. The summed E-state index contributed by atoms with van der Waals surface area (Å²) in [6.45, 7) is 1.74. The molecule has 8 heteroatoms. The molecule has 0 spiro atoms. The van der Waals surface area contributed by atoms with Crippen molar-refractivity contribution in [3.63, 3.8) is 0 Å². The van der Waals surface area contributed by atoms with Crippen LogP contribution in [0, 0.1) is 13.7 Å². The number of nitro groups is 1. The second-order valence-electron chi connectivity index (χ2n) is 4.04. The number of amides is 1. The van der Waals surface area contributed by atoms with Crippen LogP contribution in [0.25, 0.3) is 0 Å². The summed E-state index contributed by atoms with van der Waals surface area (Å²) in [6.07, 6.45) is 1.56. The Morgan fingerprint density at radius 3 is 2.74 bits per heavy atom. The maximum atomic E-state index is 12.0. The largest absolute Gasteiger partial charge is 0.349 e. The molecule has 1 aromatic rings. The molecule has 0 aliphatic carbocycles. The molecule has 0 aliphatic rings. The van der Waals surface area contributed by atoms with Gasteiger partial charge in [0, 0.05) is 44.6 Å². The van der Waals surface area contributed by atoms with Crippen molar-refractivity contribution in [1.29, 1.82) is 0 Å². The minimum Gasteiger partial charge on any atom is -0.349 e. The van der Waals surface area contributed by atoms with Gasteiger partial charge in [0.15, 0.2) is 0 Å². The van der Waals surface area contributed by atoms with Crippen LogP contribution in [-0.4, -0.2) is 33.1 Å². The summed E-state index contributed by atoms with van der Waals surface area (Å²) in [5, 5.41) is 13.4. The second kappa shape index (κ2) is 6.94. The Morgan fingerprint density at radius 1 is 1.58 bits per heavy atom. The Labute approximate surface area is 126 Å². The van der Waals surface area contributed by atoms with Gasteiger partial charge in [-0.05, 0) is 35.6 Å². The molecule has 0 aromatic heterocycles. The molecule has 1 aromatic carbocycles. The fourth-order valence-corrected chi connectivity index (χ4v) is 2.86. The average molecular weight is 396 g/mol. The monoisotopic (exact) mass is 396 g/mol. The first-order chi connectivity index (χ1) is 8.81. The molecule has 1 amide bonds. The molecule has 2 unspecified atom stereocenters. The minimum absolute atomic E-state index is 0.128. The van der Waals surface area contributed by atoms with Gasteiger partial charge >= 0.3 is 0 Å². The zero-order valence-electron chi connectivity index (χ0n) is 10.4. The number of benzene rings is 1. The van der Waals surface area contributed by atoms with Crippen LogP contribution in [0.15, 0.2) is 18.2 Å². The fourth-order valence-electron chi connectivity index (χ4n) is 1.50. The molecule has 19 heavy (non-hydrogen) atoms. The Kier molecular flexibility index (Phi) is 5.85. The quantitative estimate of drug-likeness (QED) is 0.466. The molecular formula is C11H13IN2O4S. The van der Waals surface area contributed by atoms with Crippen LogP contribution in [0.5, 0.6) is 0 Å². The summed E-state index contributed by atoms with van der Waals surface area (Å²) in [5.41, 5.74) is 0.126. The van der Waals surface area contributed by atoms with Crippen molar-refractivity contribution in [2.75, 3.05) is 12.0 Å². The standard InChI is InChI=1S/C11H13IN2O4S/c1-7(6-19(2)18)13-11(15)9-5-8(14(16)17)3-4-10(9)12/h3-5,7H,6H2,1-2H3,(H,13,15). The molecule has 0 heterocycles. The zero-order chi connectivity index (χ0) is 14.6. The fraction of sp³-hybridized carbons (Fsp3) is 0.364. The first-order valence-corrected chi connectivity index (χ1v) is 8.16. The first kappa shape index (κ1) is 16.0. The van der Waals surface area contributed by atoms with Gasteiger partial charge in [0.1, 0.15) is 0 Å². The van der Waals surface area contributed by atoms with Gasteiger partial charge in [-0.15, -0.1) is 0 Å². The van der Waals surface area contributed by atoms with Gasteiger partial charge in [-0.2, -0.15) is 0 Å². The Balaban J connectivity index is 2.90. The lowest BCUT2D eigenvalue weighted by Gasteiger charge is -2.13. The molecule has 0 radical (unpaired) electrons. The molecule has 0 fully saturated rings. The van der Waals surface area contributed by atoms with Gasteiger partial charge in [-0.3, -0.25) is 19.1 Å². The van der Waals surface area contributed by atoms with Crippen LogP contribution < -0.4 is 5.32 Å². The summed E-state index contributed by atoms with van der Waals surface area (Å²) in [7, 11) is -1.01. The number of hydrogen-bond donors (Lipinski definition) is 1. The lowest BCUT2D eigenvalue weighted by Crippen LogP contribution is -2.36. The number of non-ortho nitro benzene ring substituents is 1. The van der Waals surface area contributed by atoms with Crippen molar-refractivity contribution in [2.24, 2.45) is 0 Å². The molecule has 104 valence electrons. The molecule has 0 saturated heterocycles. The van der Waals surface area contributed by atoms with Gasteiger partial charge in [0.2, 0.25) is 0 Å². The summed E-state index contributed by atoms with van der Waals surface area (Å²) in [4.78, 5) is 22.1. The molecule has 2 atom stereocenters. The van der Waals surface area contributed by atoms with E-state index in [1.165, 1.54) is 18.2 Å². The average Bonchev–Trinajstić information content (AvgIpc) is 2.27. The van der Waals surface area contributed by atoms with E-state index in [9.17, 15) is 19.1 Å². The van der Waals surface area contributed by atoms with E-state index in [1.54, 1.807) is 13.2 Å². The van der Waals surface area contributed by atoms with Crippen LogP contribution in [0.2, 0.25) is 0 Å². The highest BCUT2D eigenvalue weighted by Gasteiger charge is 2.17. The Bertz CT molecular complexity index is 535. The highest BCUT2D eigenvalue weighted by molar-refractivity contribution is 14.1. The first-order valence-electron chi connectivity index (χ1n) is 5.36. The number of halogens is 1. The minimum atomic E-state index is -1.01. The van der Waals surface area contributed by atoms with Crippen molar-refractivity contribution in [2.45, 2.75) is 13.0 Å². The highest BCUT2D eigenvalue weighted by Crippen LogP contribution is 2.19. The number of carbonyl (C=O) groups is 1. The molecule has 1 rings (SSSR count). The van der Waals surface area contributed by atoms with E-state index in [2.05, 4.69) is 5.32 Å². The van der Waals surface area contributed by atoms with Crippen molar-refractivity contribution < 1.29 is 13.9 Å². The van der Waals surface area contributed by atoms with Crippen LogP contribution in [-0.2, 0) is 10.8 Å². The highest BCUT2D eigenvalue weighted by atomic mass is 127. The third-order valence-electron chi connectivity index (χ3n) is 2.27. The van der Waals surface area contributed by atoms with E-state index in [4.69, 9.17) is 0 Å². The number of nitro benzene ring substituents is 1. The molecule has 1 N–H and O–H groups in total. The van der Waals surface area contributed by atoms with Gasteiger partial charge in [0.05, 0.1) is 10.5 Å². The van der Waals surface area contributed by atoms with E-state index in [1.807, 2.05) is 22.6 Å². The Morgan fingerprint density at radius 2 is 2.21 bits per heavy atom. The van der Waals surface area contributed by atoms with Gasteiger partial charge in [0.25, 0.3) is 11.6 Å². The summed E-state index contributed by atoms with van der Waals surface area (Å²) in [5.74, 6) is -0.0527. The van der Waals surface area contributed by atoms with Crippen molar-refractivity contribution in [3.05, 3.63) is 37.4 Å². The molecular weight excluding hydrogens is 383 g/mol. The predicted molar refractivity (Wildman–Crippen MR) is 81.7 cm³/mol. The molecule has 0 bridgehead atoms. The number of nitrogens with zero attached hydrogens (tertiary/aromatic N) is 1. The topological polar surface area (TPSA) is 89.3 Å². The molecule has 0 saturated carbocycles. The lowest BCUT2D eigenvalue weighted by molar-refractivity contribution is -0.384. The van der Waals surface area contributed by atoms with Gasteiger partial charge in [-0.1, -0.05) is 0 Å². The van der Waals surface area contributed by atoms with E-state index >= 15 is 0 Å². The van der Waals surface area contributed by atoms with Crippen molar-refractivity contribution in [3.8, 4) is 0 Å². The van der Waals surface area contributed by atoms with Crippen LogP contribution >= 0.6 is 22.6 Å². The van der Waals surface area contributed by atoms with E-state index in [0.717, 1.165) is 0 Å². The molecule has 6 nitrogen and oxygen atoms in total. The number of nitrogens with one attached hydrogen (secondary N) is 1. The number of rotatable bonds is 5. The Hall–Kier alpha value is -1.03. The maximum Gasteiger partial charge on any atom is 0.270 e. The number of hydrogen-bond acceptors (Lipinski definition) is 4. The zero-order valence-corrected chi connectivity index (χ0v) is 13.4. The van der Waals surface area contributed by atoms with Gasteiger partial charge < -0.3 is 5.32 Å². The number of carbonyl (C=O) groups excluding carboxylic acids is 1. The second-order valence-corrected chi connectivity index (χ2v) is 6.68. The van der Waals surface area contributed by atoms with Crippen LogP contribution in [0.1, 0.15) is 17.3 Å². The van der Waals surface area contributed by atoms with Gasteiger partial charge in [-0.25, -0.2) is 0 Å². The van der Waals surface area contributed by atoms with E-state index < -0.39 is 21.6 Å². The van der Waals surface area contributed by atoms with Crippen molar-refractivity contribution >= 4 is 45.0 Å². The summed E-state index contributed by atoms with van der Waals surface area (Å²) in [6, 6.07) is 3.86. The van der Waals surface area contributed by atoms with Crippen LogP contribution in [0.3, 0.4) is 0 Å². The van der Waals surface area contributed by atoms with Crippen LogP contribution in [0.4, 0.5) is 5.69 Å². The van der Waals surface area contributed by atoms with E-state index in [-0.39, 0.29) is 17.3 Å². The third-order valence-corrected chi connectivity index (χ3v) is 4.18. The molecule has 0 aliphatic heterocycles. The van der Waals surface area contributed by atoms with E-state index in [0.29, 0.717) is 9.32 Å².